The molecule has 1 fully saturated rings. The highest BCUT2D eigenvalue weighted by Gasteiger charge is 2.22. The number of benzene rings is 1. The largest absolute Gasteiger partial charge is 0.491 e. The lowest BCUT2D eigenvalue weighted by molar-refractivity contribution is 0.0263. The van der Waals surface area contributed by atoms with Crippen molar-refractivity contribution in [2.24, 2.45) is 0 Å². The zero-order valence-corrected chi connectivity index (χ0v) is 10.1. The van der Waals surface area contributed by atoms with Crippen LogP contribution in [0.2, 0.25) is 0 Å². The summed E-state index contributed by atoms with van der Waals surface area (Å²) < 4.78 is 24.3. The Kier molecular flexibility index (Phi) is 3.81. The number of carboxylic acid groups (broad SMARTS) is 1. The van der Waals surface area contributed by atoms with E-state index in [1.54, 1.807) is 0 Å². The fourth-order valence-corrected chi connectivity index (χ4v) is 1.96. The van der Waals surface area contributed by atoms with Gasteiger partial charge in [-0.1, -0.05) is 0 Å². The van der Waals surface area contributed by atoms with E-state index in [4.69, 9.17) is 14.6 Å². The summed E-state index contributed by atoms with van der Waals surface area (Å²) in [5.41, 5.74) is -0.354. The van der Waals surface area contributed by atoms with E-state index in [1.807, 2.05) is 6.92 Å². The molecule has 1 saturated heterocycles. The first-order valence-electron chi connectivity index (χ1n) is 5.87. The van der Waals surface area contributed by atoms with Gasteiger partial charge in [-0.2, -0.15) is 0 Å². The molecule has 0 aromatic heterocycles. The summed E-state index contributed by atoms with van der Waals surface area (Å²) in [6, 6.07) is 3.73. The van der Waals surface area contributed by atoms with Gasteiger partial charge in [0.15, 0.2) is 0 Å². The first kappa shape index (κ1) is 12.8. The molecule has 2 unspecified atom stereocenters. The van der Waals surface area contributed by atoms with Crippen LogP contribution >= 0.6 is 0 Å². The summed E-state index contributed by atoms with van der Waals surface area (Å²) in [6.45, 7) is 2.36. The van der Waals surface area contributed by atoms with Crippen molar-refractivity contribution in [2.45, 2.75) is 32.0 Å². The maximum absolute atomic E-state index is 13.4. The van der Waals surface area contributed by atoms with Crippen LogP contribution in [0.15, 0.2) is 18.2 Å². The summed E-state index contributed by atoms with van der Waals surface area (Å²) in [6.07, 6.45) is 2.20. The summed E-state index contributed by atoms with van der Waals surface area (Å²) >= 11 is 0. The first-order valence-corrected chi connectivity index (χ1v) is 5.87. The molecule has 2 rings (SSSR count). The number of halogens is 1. The van der Waals surface area contributed by atoms with E-state index < -0.39 is 11.8 Å². The maximum Gasteiger partial charge on any atom is 0.338 e. The standard InChI is InChI=1S/C13H15FO4/c1-8-2-3-10(18-8)7-17-9-4-5-11(13(15)16)12(14)6-9/h4-6,8,10H,2-3,7H2,1H3,(H,15,16). The van der Waals surface area contributed by atoms with Crippen molar-refractivity contribution in [3.63, 3.8) is 0 Å². The van der Waals surface area contributed by atoms with Gasteiger partial charge in [-0.05, 0) is 31.9 Å². The molecule has 0 radical (unpaired) electrons. The Labute approximate surface area is 104 Å². The molecule has 1 aliphatic heterocycles. The van der Waals surface area contributed by atoms with Crippen molar-refractivity contribution in [2.75, 3.05) is 6.61 Å². The predicted molar refractivity (Wildman–Crippen MR) is 62.4 cm³/mol. The zero-order chi connectivity index (χ0) is 13.1. The molecule has 1 aromatic rings. The molecule has 98 valence electrons. The molecule has 1 aliphatic rings. The van der Waals surface area contributed by atoms with Crippen LogP contribution in [0, 0.1) is 5.82 Å². The Morgan fingerprint density at radius 1 is 1.56 bits per heavy atom. The van der Waals surface area contributed by atoms with Crippen LogP contribution in [0.5, 0.6) is 5.75 Å². The van der Waals surface area contributed by atoms with Crippen molar-refractivity contribution in [1.82, 2.24) is 0 Å². The third-order valence-corrected chi connectivity index (χ3v) is 2.93. The Morgan fingerprint density at radius 2 is 2.33 bits per heavy atom. The van der Waals surface area contributed by atoms with Crippen LogP contribution in [0.3, 0.4) is 0 Å². The van der Waals surface area contributed by atoms with Gasteiger partial charge in [0.05, 0.1) is 17.8 Å². The van der Waals surface area contributed by atoms with Gasteiger partial charge in [-0.25, -0.2) is 9.18 Å². The van der Waals surface area contributed by atoms with Crippen molar-refractivity contribution < 1.29 is 23.8 Å². The molecule has 1 aromatic carbocycles. The zero-order valence-electron chi connectivity index (χ0n) is 10.1. The fraction of sp³-hybridized carbons (Fsp3) is 0.462. The molecule has 0 spiro atoms. The van der Waals surface area contributed by atoms with Gasteiger partial charge in [-0.3, -0.25) is 0 Å². The minimum absolute atomic E-state index is 0.0298. The number of hydrogen-bond donors (Lipinski definition) is 1. The van der Waals surface area contributed by atoms with Crippen molar-refractivity contribution in [3.05, 3.63) is 29.6 Å². The highest BCUT2D eigenvalue weighted by Crippen LogP contribution is 2.21. The monoisotopic (exact) mass is 254 g/mol. The minimum atomic E-state index is -1.29. The van der Waals surface area contributed by atoms with Crippen LogP contribution in [0.4, 0.5) is 4.39 Å². The Hall–Kier alpha value is -1.62. The Balaban J connectivity index is 1.94. The lowest BCUT2D eigenvalue weighted by atomic mass is 10.2. The smallest absolute Gasteiger partial charge is 0.338 e. The number of carbonyl (C=O) groups is 1. The molecular formula is C13H15FO4. The van der Waals surface area contributed by atoms with Gasteiger partial charge in [0.1, 0.15) is 18.2 Å². The molecule has 0 bridgehead atoms. The number of hydrogen-bond acceptors (Lipinski definition) is 3. The molecule has 2 atom stereocenters. The van der Waals surface area contributed by atoms with Gasteiger partial charge >= 0.3 is 5.97 Å². The number of carboxylic acids is 1. The van der Waals surface area contributed by atoms with E-state index in [9.17, 15) is 9.18 Å². The van der Waals surface area contributed by atoms with Crippen LogP contribution in [0.1, 0.15) is 30.1 Å². The van der Waals surface area contributed by atoms with Gasteiger partial charge in [0.2, 0.25) is 0 Å². The number of ether oxygens (including phenoxy) is 2. The van der Waals surface area contributed by atoms with E-state index >= 15 is 0 Å². The van der Waals surface area contributed by atoms with Crippen LogP contribution in [0.25, 0.3) is 0 Å². The molecule has 4 nitrogen and oxygen atoms in total. The third-order valence-electron chi connectivity index (χ3n) is 2.93. The van der Waals surface area contributed by atoms with Crippen LogP contribution in [-0.2, 0) is 4.74 Å². The Morgan fingerprint density at radius 3 is 2.89 bits per heavy atom. The molecular weight excluding hydrogens is 239 g/mol. The van der Waals surface area contributed by atoms with Crippen molar-refractivity contribution in [1.29, 1.82) is 0 Å². The molecule has 0 aliphatic carbocycles. The van der Waals surface area contributed by atoms with Crippen molar-refractivity contribution in [3.8, 4) is 5.75 Å². The van der Waals surface area contributed by atoms with E-state index in [2.05, 4.69) is 0 Å². The fourth-order valence-electron chi connectivity index (χ4n) is 1.96. The van der Waals surface area contributed by atoms with Gasteiger partial charge < -0.3 is 14.6 Å². The van der Waals surface area contributed by atoms with E-state index in [-0.39, 0.29) is 17.8 Å². The van der Waals surface area contributed by atoms with Crippen LogP contribution < -0.4 is 4.74 Å². The summed E-state index contributed by atoms with van der Waals surface area (Å²) in [7, 11) is 0. The molecule has 1 N–H and O–H groups in total. The second-order valence-electron chi connectivity index (χ2n) is 4.40. The van der Waals surface area contributed by atoms with E-state index in [0.29, 0.717) is 12.4 Å². The normalized spacial score (nSPS) is 23.0. The summed E-state index contributed by atoms with van der Waals surface area (Å²) in [5.74, 6) is -1.76. The molecule has 0 saturated carbocycles. The molecule has 18 heavy (non-hydrogen) atoms. The molecule has 0 amide bonds. The van der Waals surface area contributed by atoms with E-state index in [1.165, 1.54) is 12.1 Å². The topological polar surface area (TPSA) is 55.8 Å². The second-order valence-corrected chi connectivity index (χ2v) is 4.40. The third kappa shape index (κ3) is 2.98. The predicted octanol–water partition coefficient (Wildman–Crippen LogP) is 2.47. The van der Waals surface area contributed by atoms with Crippen molar-refractivity contribution >= 4 is 5.97 Å². The average Bonchev–Trinajstić information content (AvgIpc) is 2.72. The quantitative estimate of drug-likeness (QED) is 0.896. The highest BCUT2D eigenvalue weighted by molar-refractivity contribution is 5.88. The van der Waals surface area contributed by atoms with Gasteiger partial charge in [-0.15, -0.1) is 0 Å². The SMILES string of the molecule is CC1CCC(COc2ccc(C(=O)O)c(F)c2)O1. The van der Waals surface area contributed by atoms with Gasteiger partial charge in [0.25, 0.3) is 0 Å². The second kappa shape index (κ2) is 5.35. The van der Waals surface area contributed by atoms with Crippen LogP contribution in [-0.4, -0.2) is 29.9 Å². The number of rotatable bonds is 4. The first-order chi connectivity index (χ1) is 8.56. The molecule has 5 heteroatoms. The van der Waals surface area contributed by atoms with Gasteiger partial charge in [0, 0.05) is 6.07 Å². The minimum Gasteiger partial charge on any atom is -0.491 e. The highest BCUT2D eigenvalue weighted by atomic mass is 19.1. The number of aromatic carboxylic acids is 1. The maximum atomic E-state index is 13.4. The average molecular weight is 254 g/mol. The summed E-state index contributed by atoms with van der Waals surface area (Å²) in [5, 5.41) is 8.69. The molecule has 1 heterocycles. The Bertz CT molecular complexity index is 447. The lowest BCUT2D eigenvalue weighted by Crippen LogP contribution is -2.18. The lowest BCUT2D eigenvalue weighted by Gasteiger charge is -2.13. The van der Waals surface area contributed by atoms with E-state index in [0.717, 1.165) is 18.9 Å². The summed E-state index contributed by atoms with van der Waals surface area (Å²) in [4.78, 5) is 10.6.